The minimum Gasteiger partial charge on any atom is -0.480 e. The van der Waals surface area contributed by atoms with Crippen molar-refractivity contribution in [2.24, 2.45) is 0 Å². The predicted octanol–water partition coefficient (Wildman–Crippen LogP) is 2.19. The van der Waals surface area contributed by atoms with E-state index in [2.05, 4.69) is 26.2 Å². The molecule has 0 saturated heterocycles. The Morgan fingerprint density at radius 3 is 2.89 bits per heavy atom. The predicted molar refractivity (Wildman–Crippen MR) is 77.3 cm³/mol. The molecular weight excluding hydrogens is 310 g/mol. The monoisotopic (exact) mass is 327 g/mol. The number of hydrogen-bond donors (Lipinski definition) is 2. The Morgan fingerprint density at radius 1 is 1.58 bits per heavy atom. The van der Waals surface area contributed by atoms with Gasteiger partial charge in [0.05, 0.1) is 18.4 Å². The summed E-state index contributed by atoms with van der Waals surface area (Å²) in [6.07, 6.45) is 5.51. The number of anilines is 1. The van der Waals surface area contributed by atoms with Gasteiger partial charge in [0.25, 0.3) is 0 Å². The number of likely N-dealkylation sites (N-methyl/N-ethyl adjacent to an activating group) is 1. The molecule has 1 fully saturated rings. The summed E-state index contributed by atoms with van der Waals surface area (Å²) < 4.78 is 0.953. The Labute approximate surface area is 121 Å². The average molecular weight is 328 g/mol. The first-order valence-corrected chi connectivity index (χ1v) is 7.20. The lowest BCUT2D eigenvalue weighted by molar-refractivity contribution is -0.139. The molecule has 0 aromatic carbocycles. The Kier molecular flexibility index (Phi) is 4.76. The van der Waals surface area contributed by atoms with Gasteiger partial charge >= 0.3 is 5.97 Å². The summed E-state index contributed by atoms with van der Waals surface area (Å²) in [5.41, 5.74) is 0.999. The first-order chi connectivity index (χ1) is 9.08. The fourth-order valence-electron chi connectivity index (χ4n) is 2.40. The molecule has 1 aromatic rings. The molecular formula is C13H18BrN3O2. The molecule has 2 rings (SSSR count). The highest BCUT2D eigenvalue weighted by Crippen LogP contribution is 2.28. The Morgan fingerprint density at radius 2 is 2.32 bits per heavy atom. The van der Waals surface area contributed by atoms with Crippen LogP contribution >= 0.6 is 15.9 Å². The number of pyridine rings is 1. The van der Waals surface area contributed by atoms with E-state index in [9.17, 15) is 4.79 Å². The van der Waals surface area contributed by atoms with E-state index in [0.717, 1.165) is 29.5 Å². The molecule has 19 heavy (non-hydrogen) atoms. The van der Waals surface area contributed by atoms with Crippen LogP contribution in [-0.4, -0.2) is 46.1 Å². The SMILES string of the molecule is CCN(CC(=O)O)C1CC(Nc2cncc(Br)c2)C1. The van der Waals surface area contributed by atoms with Crippen LogP contribution in [0, 0.1) is 0 Å². The summed E-state index contributed by atoms with van der Waals surface area (Å²) in [5, 5.41) is 12.3. The molecule has 1 aliphatic rings. The van der Waals surface area contributed by atoms with E-state index in [-0.39, 0.29) is 6.54 Å². The van der Waals surface area contributed by atoms with Crippen LogP contribution in [0.1, 0.15) is 19.8 Å². The molecule has 0 amide bonds. The van der Waals surface area contributed by atoms with Crippen molar-refractivity contribution in [3.8, 4) is 0 Å². The number of aromatic nitrogens is 1. The number of carbonyl (C=O) groups is 1. The number of hydrogen-bond acceptors (Lipinski definition) is 4. The van der Waals surface area contributed by atoms with Gasteiger partial charge in [-0.25, -0.2) is 0 Å². The molecule has 2 N–H and O–H groups in total. The van der Waals surface area contributed by atoms with Crippen LogP contribution < -0.4 is 5.32 Å². The second kappa shape index (κ2) is 6.34. The molecule has 5 nitrogen and oxygen atoms in total. The lowest BCUT2D eigenvalue weighted by atomic mass is 9.85. The first-order valence-electron chi connectivity index (χ1n) is 6.41. The average Bonchev–Trinajstić information content (AvgIpc) is 2.30. The van der Waals surface area contributed by atoms with Gasteiger partial charge < -0.3 is 10.4 Å². The lowest BCUT2D eigenvalue weighted by Crippen LogP contribution is -2.51. The molecule has 0 unspecified atom stereocenters. The lowest BCUT2D eigenvalue weighted by Gasteiger charge is -2.42. The van der Waals surface area contributed by atoms with Crippen molar-refractivity contribution < 1.29 is 9.90 Å². The molecule has 104 valence electrons. The third-order valence-corrected chi connectivity index (χ3v) is 3.88. The number of aliphatic carboxylic acids is 1. The van der Waals surface area contributed by atoms with Crippen LogP contribution in [0.3, 0.4) is 0 Å². The molecule has 0 atom stereocenters. The van der Waals surface area contributed by atoms with Crippen LogP contribution in [0.25, 0.3) is 0 Å². The fourth-order valence-corrected chi connectivity index (χ4v) is 2.77. The van der Waals surface area contributed by atoms with Crippen molar-refractivity contribution in [3.05, 3.63) is 22.9 Å². The van der Waals surface area contributed by atoms with E-state index >= 15 is 0 Å². The third kappa shape index (κ3) is 3.91. The van der Waals surface area contributed by atoms with Crippen molar-refractivity contribution in [2.75, 3.05) is 18.4 Å². The number of rotatable bonds is 6. The van der Waals surface area contributed by atoms with Gasteiger partial charge in [-0.2, -0.15) is 0 Å². The van der Waals surface area contributed by atoms with Gasteiger partial charge in [0.15, 0.2) is 0 Å². The van der Waals surface area contributed by atoms with Crippen molar-refractivity contribution >= 4 is 27.6 Å². The first kappa shape index (κ1) is 14.3. The van der Waals surface area contributed by atoms with Gasteiger partial charge in [-0.05, 0) is 41.4 Å². The van der Waals surface area contributed by atoms with Crippen molar-refractivity contribution in [1.82, 2.24) is 9.88 Å². The standard InChI is InChI=1S/C13H18BrN3O2/c1-2-17(8-13(18)19)12-4-10(5-12)16-11-3-9(14)6-15-7-11/h3,6-7,10,12,16H,2,4-5,8H2,1H3,(H,18,19). The normalized spacial score (nSPS) is 22.1. The minimum absolute atomic E-state index is 0.131. The summed E-state index contributed by atoms with van der Waals surface area (Å²) in [7, 11) is 0. The van der Waals surface area contributed by atoms with Gasteiger partial charge in [-0.1, -0.05) is 6.92 Å². The van der Waals surface area contributed by atoms with E-state index in [4.69, 9.17) is 5.11 Å². The van der Waals surface area contributed by atoms with E-state index in [1.54, 1.807) is 12.4 Å². The van der Waals surface area contributed by atoms with Gasteiger partial charge in [-0.15, -0.1) is 0 Å². The highest BCUT2D eigenvalue weighted by Gasteiger charge is 2.33. The van der Waals surface area contributed by atoms with Crippen LogP contribution in [0.5, 0.6) is 0 Å². The maximum absolute atomic E-state index is 10.8. The molecule has 0 radical (unpaired) electrons. The summed E-state index contributed by atoms with van der Waals surface area (Å²) in [6, 6.07) is 2.78. The van der Waals surface area contributed by atoms with Crippen LogP contribution in [0.15, 0.2) is 22.9 Å². The minimum atomic E-state index is -0.755. The number of carboxylic acids is 1. The molecule has 1 heterocycles. The van der Waals surface area contributed by atoms with Crippen LogP contribution in [0.2, 0.25) is 0 Å². The number of nitrogens with one attached hydrogen (secondary N) is 1. The highest BCUT2D eigenvalue weighted by atomic mass is 79.9. The number of nitrogens with zero attached hydrogens (tertiary/aromatic N) is 2. The van der Waals surface area contributed by atoms with Crippen molar-refractivity contribution in [2.45, 2.75) is 31.8 Å². The topological polar surface area (TPSA) is 65.5 Å². The number of carboxylic acid groups (broad SMARTS) is 1. The fraction of sp³-hybridized carbons (Fsp3) is 0.538. The molecule has 1 saturated carbocycles. The zero-order valence-electron chi connectivity index (χ0n) is 10.8. The highest BCUT2D eigenvalue weighted by molar-refractivity contribution is 9.10. The molecule has 1 aromatic heterocycles. The van der Waals surface area contributed by atoms with Gasteiger partial charge in [-0.3, -0.25) is 14.7 Å². The van der Waals surface area contributed by atoms with Crippen LogP contribution in [0.4, 0.5) is 5.69 Å². The van der Waals surface area contributed by atoms with E-state index in [0.29, 0.717) is 12.1 Å². The molecule has 0 aliphatic heterocycles. The van der Waals surface area contributed by atoms with E-state index < -0.39 is 5.97 Å². The smallest absolute Gasteiger partial charge is 0.317 e. The zero-order valence-corrected chi connectivity index (χ0v) is 12.4. The maximum atomic E-state index is 10.8. The molecule has 1 aliphatic carbocycles. The van der Waals surface area contributed by atoms with Gasteiger partial charge in [0.1, 0.15) is 0 Å². The summed E-state index contributed by atoms with van der Waals surface area (Å²) in [4.78, 5) is 16.9. The molecule has 0 spiro atoms. The van der Waals surface area contributed by atoms with E-state index in [1.165, 1.54) is 0 Å². The summed E-state index contributed by atoms with van der Waals surface area (Å²) in [5.74, 6) is -0.755. The molecule has 0 bridgehead atoms. The quantitative estimate of drug-likeness (QED) is 0.838. The maximum Gasteiger partial charge on any atom is 0.317 e. The van der Waals surface area contributed by atoms with E-state index in [1.807, 2.05) is 17.9 Å². The zero-order chi connectivity index (χ0) is 13.8. The van der Waals surface area contributed by atoms with Crippen LogP contribution in [-0.2, 0) is 4.79 Å². The van der Waals surface area contributed by atoms with Crippen molar-refractivity contribution in [1.29, 1.82) is 0 Å². The largest absolute Gasteiger partial charge is 0.480 e. The van der Waals surface area contributed by atoms with Crippen molar-refractivity contribution in [3.63, 3.8) is 0 Å². The summed E-state index contributed by atoms with van der Waals surface area (Å²) >= 11 is 3.39. The second-order valence-corrected chi connectivity index (χ2v) is 5.73. The number of halogens is 1. The van der Waals surface area contributed by atoms with Gasteiger partial charge in [0, 0.05) is 22.8 Å². The Balaban J connectivity index is 1.81. The summed E-state index contributed by atoms with van der Waals surface area (Å²) in [6.45, 7) is 2.91. The Bertz CT molecular complexity index is 449. The second-order valence-electron chi connectivity index (χ2n) is 4.82. The Hall–Kier alpha value is -1.14. The molecule has 6 heteroatoms. The third-order valence-electron chi connectivity index (χ3n) is 3.45. The van der Waals surface area contributed by atoms with Gasteiger partial charge in [0.2, 0.25) is 0 Å².